The van der Waals surface area contributed by atoms with Crippen LogP contribution in [0.1, 0.15) is 59.2 Å². The smallest absolute Gasteiger partial charge is 0.308 e. The molecule has 1 heterocycles. The summed E-state index contributed by atoms with van der Waals surface area (Å²) in [6, 6.07) is 14.6. The summed E-state index contributed by atoms with van der Waals surface area (Å²) in [5.74, 6) is -0.834. The molecule has 0 bridgehead atoms. The summed E-state index contributed by atoms with van der Waals surface area (Å²) in [6.45, 7) is 14.8. The number of benzene rings is 2. The van der Waals surface area contributed by atoms with E-state index in [0.29, 0.717) is 0 Å². The van der Waals surface area contributed by atoms with Crippen LogP contribution in [-0.2, 0) is 18.8 Å². The van der Waals surface area contributed by atoms with Gasteiger partial charge >= 0.3 is 5.97 Å². The number of hydrogen-bond donors (Lipinski definition) is 0. The summed E-state index contributed by atoms with van der Waals surface area (Å²) in [4.78, 5) is 25.4. The predicted octanol–water partition coefficient (Wildman–Crippen LogP) is 7.95. The van der Waals surface area contributed by atoms with Gasteiger partial charge in [0, 0.05) is 28.9 Å². The van der Waals surface area contributed by atoms with E-state index in [0.717, 1.165) is 27.7 Å². The highest BCUT2D eigenvalue weighted by atomic mass is 28.4. The SMILES string of the molecule is COC(=O)CC(CC(=O)C=Cc1c(-c2ccc(F)cc2)c2ccccc2n1C(C)C)O[Si](C)(C)C(C)(C)C. The summed E-state index contributed by atoms with van der Waals surface area (Å²) in [5, 5.41) is 0.965. The molecule has 3 rings (SSSR count). The molecule has 0 saturated carbocycles. The number of carbonyl (C=O) groups excluding carboxylic acids is 2. The molecule has 3 aromatic rings. The second kappa shape index (κ2) is 11.8. The maximum atomic E-state index is 13.7. The first-order valence-electron chi connectivity index (χ1n) is 13.1. The van der Waals surface area contributed by atoms with Gasteiger partial charge in [-0.3, -0.25) is 9.59 Å². The predicted molar refractivity (Wildman–Crippen MR) is 155 cm³/mol. The number of ether oxygens (including phenoxy) is 1. The fourth-order valence-corrected chi connectivity index (χ4v) is 5.76. The molecule has 0 aliphatic heterocycles. The number of aromatic nitrogens is 1. The third kappa shape index (κ3) is 6.69. The Bertz CT molecular complexity index is 1320. The average molecular weight is 538 g/mol. The van der Waals surface area contributed by atoms with E-state index in [1.165, 1.54) is 19.2 Å². The number of methoxy groups -OCH3 is 1. The number of nitrogens with zero attached hydrogens (tertiary/aromatic N) is 1. The molecule has 0 aliphatic carbocycles. The van der Waals surface area contributed by atoms with Crippen LogP contribution in [0, 0.1) is 5.82 Å². The number of esters is 1. The van der Waals surface area contributed by atoms with Gasteiger partial charge in [-0.25, -0.2) is 4.39 Å². The zero-order valence-electron chi connectivity index (χ0n) is 23.8. The zero-order chi connectivity index (χ0) is 28.3. The average Bonchev–Trinajstić information content (AvgIpc) is 3.16. The van der Waals surface area contributed by atoms with Crippen LogP contribution in [0.2, 0.25) is 18.1 Å². The fourth-order valence-electron chi connectivity index (χ4n) is 4.41. The first-order valence-corrected chi connectivity index (χ1v) is 16.0. The van der Waals surface area contributed by atoms with Crippen LogP contribution in [-0.4, -0.2) is 37.9 Å². The van der Waals surface area contributed by atoms with Gasteiger partial charge < -0.3 is 13.7 Å². The molecule has 2 aromatic carbocycles. The fraction of sp³-hybridized carbons (Fsp3) is 0.419. The minimum absolute atomic E-state index is 0.0235. The molecule has 0 amide bonds. The highest BCUT2D eigenvalue weighted by Gasteiger charge is 2.40. The number of hydrogen-bond acceptors (Lipinski definition) is 4. The third-order valence-corrected chi connectivity index (χ3v) is 11.9. The van der Waals surface area contributed by atoms with Gasteiger partial charge in [0.05, 0.1) is 25.3 Å². The Kier molecular flexibility index (Phi) is 9.16. The van der Waals surface area contributed by atoms with E-state index in [1.54, 1.807) is 18.2 Å². The summed E-state index contributed by atoms with van der Waals surface area (Å²) >= 11 is 0. The lowest BCUT2D eigenvalue weighted by Crippen LogP contribution is -2.44. The van der Waals surface area contributed by atoms with Crippen LogP contribution >= 0.6 is 0 Å². The van der Waals surface area contributed by atoms with Gasteiger partial charge in [0.1, 0.15) is 5.82 Å². The van der Waals surface area contributed by atoms with E-state index < -0.39 is 20.4 Å². The van der Waals surface area contributed by atoms with Gasteiger partial charge in [-0.15, -0.1) is 0 Å². The molecule has 38 heavy (non-hydrogen) atoms. The lowest BCUT2D eigenvalue weighted by atomic mass is 10.0. The maximum Gasteiger partial charge on any atom is 0.308 e. The van der Waals surface area contributed by atoms with Crippen molar-refractivity contribution in [2.45, 2.75) is 77.7 Å². The second-order valence-electron chi connectivity index (χ2n) is 11.5. The number of halogens is 1. The molecule has 204 valence electrons. The Morgan fingerprint density at radius 2 is 1.66 bits per heavy atom. The van der Waals surface area contributed by atoms with E-state index in [-0.39, 0.29) is 35.5 Å². The van der Waals surface area contributed by atoms with Gasteiger partial charge in [0.2, 0.25) is 0 Å². The van der Waals surface area contributed by atoms with Crippen LogP contribution in [0.15, 0.2) is 54.6 Å². The molecule has 0 N–H and O–H groups in total. The molecule has 0 radical (unpaired) electrons. The number of carbonyl (C=O) groups is 2. The molecule has 0 saturated heterocycles. The van der Waals surface area contributed by atoms with Crippen molar-refractivity contribution in [1.82, 2.24) is 4.57 Å². The number of para-hydroxylation sites is 1. The molecule has 1 atom stereocenters. The van der Waals surface area contributed by atoms with E-state index in [4.69, 9.17) is 9.16 Å². The van der Waals surface area contributed by atoms with E-state index in [2.05, 4.69) is 58.3 Å². The Labute approximate surface area is 226 Å². The van der Waals surface area contributed by atoms with Crippen molar-refractivity contribution in [3.05, 3.63) is 66.1 Å². The van der Waals surface area contributed by atoms with Gasteiger partial charge in [-0.2, -0.15) is 0 Å². The summed E-state index contributed by atoms with van der Waals surface area (Å²) in [7, 11) is -0.882. The van der Waals surface area contributed by atoms with E-state index in [9.17, 15) is 14.0 Å². The standard InChI is InChI=1S/C31H40FNO4Si/c1-21(2)33-27-12-10-9-11-26(27)30(22-13-15-23(32)16-14-22)28(33)18-17-24(34)19-25(20-29(35)36-6)37-38(7,8)31(3,4)5/h9-18,21,25H,19-20H2,1-8H3. The first-order chi connectivity index (χ1) is 17.7. The van der Waals surface area contributed by atoms with E-state index in [1.807, 2.05) is 24.3 Å². The van der Waals surface area contributed by atoms with Crippen molar-refractivity contribution >= 4 is 37.0 Å². The maximum absolute atomic E-state index is 13.7. The monoisotopic (exact) mass is 537 g/mol. The van der Waals surface area contributed by atoms with Gasteiger partial charge in [-0.1, -0.05) is 51.1 Å². The lowest BCUT2D eigenvalue weighted by molar-refractivity contribution is -0.142. The minimum atomic E-state index is -2.22. The van der Waals surface area contributed by atoms with Gasteiger partial charge in [0.25, 0.3) is 0 Å². The normalized spacial score (nSPS) is 13.4. The van der Waals surface area contributed by atoms with Crippen LogP contribution < -0.4 is 0 Å². The highest BCUT2D eigenvalue weighted by molar-refractivity contribution is 6.74. The Balaban J connectivity index is 2.01. The number of allylic oxidation sites excluding steroid dienone is 1. The molecule has 0 fully saturated rings. The topological polar surface area (TPSA) is 57.5 Å². The van der Waals surface area contributed by atoms with Crippen LogP contribution in [0.3, 0.4) is 0 Å². The van der Waals surface area contributed by atoms with Crippen LogP contribution in [0.25, 0.3) is 28.1 Å². The largest absolute Gasteiger partial charge is 0.469 e. The molecule has 5 nitrogen and oxygen atoms in total. The van der Waals surface area contributed by atoms with Crippen LogP contribution in [0.5, 0.6) is 0 Å². The molecule has 0 aliphatic rings. The second-order valence-corrected chi connectivity index (χ2v) is 16.3. The van der Waals surface area contributed by atoms with Crippen molar-refractivity contribution in [2.75, 3.05) is 7.11 Å². The third-order valence-electron chi connectivity index (χ3n) is 7.34. The summed E-state index contributed by atoms with van der Waals surface area (Å²) < 4.78 is 27.2. The van der Waals surface area contributed by atoms with Crippen molar-refractivity contribution in [2.24, 2.45) is 0 Å². The Morgan fingerprint density at radius 3 is 2.24 bits per heavy atom. The number of rotatable bonds is 10. The molecule has 7 heteroatoms. The van der Waals surface area contributed by atoms with Gasteiger partial charge in [-0.05, 0) is 67.9 Å². The van der Waals surface area contributed by atoms with Gasteiger partial charge in [0.15, 0.2) is 14.1 Å². The number of ketones is 1. The Hall–Kier alpha value is -3.03. The van der Waals surface area contributed by atoms with E-state index >= 15 is 0 Å². The molecular formula is C31H40FNO4Si. The quantitative estimate of drug-likeness (QED) is 0.150. The van der Waals surface area contributed by atoms with Crippen molar-refractivity contribution in [3.63, 3.8) is 0 Å². The molecule has 1 unspecified atom stereocenters. The number of fused-ring (bicyclic) bond motifs is 1. The molecule has 0 spiro atoms. The summed E-state index contributed by atoms with van der Waals surface area (Å²) in [5.41, 5.74) is 3.73. The lowest BCUT2D eigenvalue weighted by Gasteiger charge is -2.39. The molecule has 1 aromatic heterocycles. The highest BCUT2D eigenvalue weighted by Crippen LogP contribution is 2.39. The van der Waals surface area contributed by atoms with Crippen LogP contribution in [0.4, 0.5) is 4.39 Å². The van der Waals surface area contributed by atoms with Crippen molar-refractivity contribution in [1.29, 1.82) is 0 Å². The Morgan fingerprint density at radius 1 is 1.03 bits per heavy atom. The minimum Gasteiger partial charge on any atom is -0.469 e. The molecular weight excluding hydrogens is 497 g/mol. The zero-order valence-corrected chi connectivity index (χ0v) is 24.8. The van der Waals surface area contributed by atoms with Crippen molar-refractivity contribution < 1.29 is 23.1 Å². The summed E-state index contributed by atoms with van der Waals surface area (Å²) in [6.07, 6.45) is 2.94. The van der Waals surface area contributed by atoms with Crippen molar-refractivity contribution in [3.8, 4) is 11.1 Å². The first kappa shape index (κ1) is 29.5.